The van der Waals surface area contributed by atoms with E-state index in [1.165, 1.54) is 13.2 Å². The Bertz CT molecular complexity index is 967. The van der Waals surface area contributed by atoms with Crippen molar-refractivity contribution in [1.29, 1.82) is 0 Å². The Morgan fingerprint density at radius 1 is 1.04 bits per heavy atom. The van der Waals surface area contributed by atoms with Crippen LogP contribution in [-0.2, 0) is 9.59 Å². The highest BCUT2D eigenvalue weighted by Gasteiger charge is 2.38. The lowest BCUT2D eigenvalue weighted by Crippen LogP contribution is -2.32. The number of methoxy groups -OCH3 is 2. The van der Waals surface area contributed by atoms with Crippen molar-refractivity contribution in [3.63, 3.8) is 0 Å². The fourth-order valence-electron chi connectivity index (χ4n) is 2.93. The van der Waals surface area contributed by atoms with Crippen molar-refractivity contribution in [2.75, 3.05) is 26.1 Å². The van der Waals surface area contributed by atoms with E-state index in [1.54, 1.807) is 49.6 Å². The first-order valence-electron chi connectivity index (χ1n) is 8.46. The van der Waals surface area contributed by atoms with Crippen LogP contribution in [0, 0.1) is 0 Å². The number of hydrogen-bond donors (Lipinski definition) is 1. The molecule has 0 unspecified atom stereocenters. The molecule has 144 valence electrons. The third-order valence-electron chi connectivity index (χ3n) is 4.27. The van der Waals surface area contributed by atoms with Crippen molar-refractivity contribution in [2.24, 2.45) is 0 Å². The summed E-state index contributed by atoms with van der Waals surface area (Å²) in [5, 5.41) is 3.60. The van der Waals surface area contributed by atoms with Gasteiger partial charge in [-0.3, -0.25) is 14.5 Å². The summed E-state index contributed by atoms with van der Waals surface area (Å²) in [6, 6.07) is 11.9. The van der Waals surface area contributed by atoms with Crippen molar-refractivity contribution < 1.29 is 19.1 Å². The molecule has 0 fully saturated rings. The highest BCUT2D eigenvalue weighted by atomic mass is 35.5. The molecule has 2 aromatic carbocycles. The topological polar surface area (TPSA) is 67.9 Å². The molecule has 2 aromatic rings. The van der Waals surface area contributed by atoms with Gasteiger partial charge in [0.05, 0.1) is 19.8 Å². The average Bonchev–Trinajstić information content (AvgIpc) is 2.93. The third kappa shape index (κ3) is 3.59. The summed E-state index contributed by atoms with van der Waals surface area (Å²) < 4.78 is 10.5. The number of amides is 2. The van der Waals surface area contributed by atoms with E-state index in [4.69, 9.17) is 21.1 Å². The standard InChI is InChI=1S/C21H19ClN2O4/c1-4-11-24-20(25)18(13-5-7-14(22)8-6-13)19(21(24)26)23-15-9-10-16(27-2)17(12-15)28-3/h4-10,12,23H,1,11H2,2-3H3. The van der Waals surface area contributed by atoms with E-state index in [0.717, 1.165) is 4.90 Å². The number of hydrogen-bond acceptors (Lipinski definition) is 5. The Labute approximate surface area is 168 Å². The Hall–Kier alpha value is -3.25. The number of ether oxygens (including phenoxy) is 2. The molecule has 3 rings (SSSR count). The zero-order chi connectivity index (χ0) is 20.3. The quantitative estimate of drug-likeness (QED) is 0.568. The molecule has 6 nitrogen and oxygen atoms in total. The molecule has 1 N–H and O–H groups in total. The van der Waals surface area contributed by atoms with E-state index >= 15 is 0 Å². The Balaban J connectivity index is 2.07. The summed E-state index contributed by atoms with van der Waals surface area (Å²) in [5.74, 6) is 0.239. The lowest BCUT2D eigenvalue weighted by molar-refractivity contribution is -0.136. The van der Waals surface area contributed by atoms with E-state index in [2.05, 4.69) is 11.9 Å². The van der Waals surface area contributed by atoms with Gasteiger partial charge in [-0.15, -0.1) is 6.58 Å². The average molecular weight is 399 g/mol. The predicted molar refractivity (Wildman–Crippen MR) is 108 cm³/mol. The normalized spacial score (nSPS) is 13.8. The third-order valence-corrected chi connectivity index (χ3v) is 4.52. The molecule has 7 heteroatoms. The number of carbonyl (C=O) groups is 2. The molecule has 2 amide bonds. The van der Waals surface area contributed by atoms with Crippen LogP contribution < -0.4 is 14.8 Å². The van der Waals surface area contributed by atoms with Crippen molar-refractivity contribution in [3.05, 3.63) is 71.4 Å². The summed E-state index contributed by atoms with van der Waals surface area (Å²) >= 11 is 5.96. The second-order valence-electron chi connectivity index (χ2n) is 5.96. The number of halogens is 1. The van der Waals surface area contributed by atoms with E-state index < -0.39 is 11.8 Å². The van der Waals surface area contributed by atoms with E-state index in [0.29, 0.717) is 27.8 Å². The Morgan fingerprint density at radius 2 is 1.71 bits per heavy atom. The van der Waals surface area contributed by atoms with Gasteiger partial charge in [-0.05, 0) is 29.8 Å². The van der Waals surface area contributed by atoms with E-state index in [1.807, 2.05) is 0 Å². The van der Waals surface area contributed by atoms with Crippen LogP contribution in [0.25, 0.3) is 5.57 Å². The smallest absolute Gasteiger partial charge is 0.278 e. The van der Waals surface area contributed by atoms with Gasteiger partial charge in [0.2, 0.25) is 0 Å². The molecular formula is C21H19ClN2O4. The van der Waals surface area contributed by atoms with Crippen molar-refractivity contribution >= 4 is 34.7 Å². The summed E-state index contributed by atoms with van der Waals surface area (Å²) in [4.78, 5) is 26.9. The molecule has 28 heavy (non-hydrogen) atoms. The van der Waals surface area contributed by atoms with E-state index in [9.17, 15) is 9.59 Å². The number of anilines is 1. The maximum atomic E-state index is 12.9. The van der Waals surface area contributed by atoms with Crippen LogP contribution in [0.2, 0.25) is 5.02 Å². The second-order valence-corrected chi connectivity index (χ2v) is 6.40. The molecule has 1 aliphatic rings. The zero-order valence-corrected chi connectivity index (χ0v) is 16.2. The van der Waals surface area contributed by atoms with E-state index in [-0.39, 0.29) is 17.8 Å². The van der Waals surface area contributed by atoms with Gasteiger partial charge in [0.15, 0.2) is 11.5 Å². The molecule has 0 spiro atoms. The SMILES string of the molecule is C=CCN1C(=O)C(Nc2ccc(OC)c(OC)c2)=C(c2ccc(Cl)cc2)C1=O. The van der Waals surface area contributed by atoms with Crippen LogP contribution in [0.1, 0.15) is 5.56 Å². The Morgan fingerprint density at radius 3 is 2.32 bits per heavy atom. The molecule has 0 aliphatic carbocycles. The number of rotatable bonds is 7. The number of carbonyl (C=O) groups excluding carboxylic acids is 2. The van der Waals surface area contributed by atoms with Crippen LogP contribution in [0.15, 0.2) is 60.8 Å². The molecule has 1 aliphatic heterocycles. The van der Waals surface area contributed by atoms with Crippen LogP contribution in [0.3, 0.4) is 0 Å². The van der Waals surface area contributed by atoms with Gasteiger partial charge in [-0.25, -0.2) is 0 Å². The largest absolute Gasteiger partial charge is 0.493 e. The minimum atomic E-state index is -0.426. The second kappa shape index (κ2) is 8.19. The highest BCUT2D eigenvalue weighted by Crippen LogP contribution is 2.34. The molecule has 0 saturated carbocycles. The highest BCUT2D eigenvalue weighted by molar-refractivity contribution is 6.37. The molecular weight excluding hydrogens is 380 g/mol. The van der Waals surface area contributed by atoms with Crippen LogP contribution >= 0.6 is 11.6 Å². The zero-order valence-electron chi connectivity index (χ0n) is 15.5. The van der Waals surface area contributed by atoms with Crippen molar-refractivity contribution in [3.8, 4) is 11.5 Å². The van der Waals surface area contributed by atoms with Gasteiger partial charge in [0.25, 0.3) is 11.8 Å². The van der Waals surface area contributed by atoms with Crippen LogP contribution in [-0.4, -0.2) is 37.5 Å². The van der Waals surface area contributed by atoms with Crippen molar-refractivity contribution in [1.82, 2.24) is 4.90 Å². The maximum absolute atomic E-state index is 12.9. The minimum Gasteiger partial charge on any atom is -0.493 e. The lowest BCUT2D eigenvalue weighted by Gasteiger charge is -2.13. The molecule has 0 saturated heterocycles. The van der Waals surface area contributed by atoms with Gasteiger partial charge in [0, 0.05) is 23.3 Å². The van der Waals surface area contributed by atoms with Crippen LogP contribution in [0.5, 0.6) is 11.5 Å². The fraction of sp³-hybridized carbons (Fsp3) is 0.143. The number of benzene rings is 2. The van der Waals surface area contributed by atoms with Crippen molar-refractivity contribution in [2.45, 2.75) is 0 Å². The maximum Gasteiger partial charge on any atom is 0.278 e. The van der Waals surface area contributed by atoms with Gasteiger partial charge >= 0.3 is 0 Å². The number of nitrogens with zero attached hydrogens (tertiary/aromatic N) is 1. The summed E-state index contributed by atoms with van der Waals surface area (Å²) in [6.45, 7) is 3.74. The molecule has 0 radical (unpaired) electrons. The summed E-state index contributed by atoms with van der Waals surface area (Å²) in [5.41, 5.74) is 1.64. The lowest BCUT2D eigenvalue weighted by atomic mass is 10.0. The first-order chi connectivity index (χ1) is 13.5. The monoisotopic (exact) mass is 398 g/mol. The first kappa shape index (κ1) is 19.5. The van der Waals surface area contributed by atoms with Gasteiger partial charge in [0.1, 0.15) is 5.70 Å². The summed E-state index contributed by atoms with van der Waals surface area (Å²) in [7, 11) is 3.06. The van der Waals surface area contributed by atoms with Crippen LogP contribution in [0.4, 0.5) is 5.69 Å². The Kier molecular flexibility index (Phi) is 5.70. The van der Waals surface area contributed by atoms with Gasteiger partial charge < -0.3 is 14.8 Å². The van der Waals surface area contributed by atoms with Gasteiger partial charge in [-0.1, -0.05) is 29.8 Å². The molecule has 0 bridgehead atoms. The molecule has 1 heterocycles. The molecule has 0 atom stereocenters. The predicted octanol–water partition coefficient (Wildman–Crippen LogP) is 3.74. The minimum absolute atomic E-state index is 0.117. The number of imide groups is 1. The first-order valence-corrected chi connectivity index (χ1v) is 8.84. The summed E-state index contributed by atoms with van der Waals surface area (Å²) in [6.07, 6.45) is 1.51. The fourth-order valence-corrected chi connectivity index (χ4v) is 3.06. The van der Waals surface area contributed by atoms with Gasteiger partial charge in [-0.2, -0.15) is 0 Å². The number of nitrogens with one attached hydrogen (secondary N) is 1. The molecule has 0 aromatic heterocycles.